The number of carbonyl (C=O) groups is 1. The lowest BCUT2D eigenvalue weighted by Gasteiger charge is -2.16. The van der Waals surface area contributed by atoms with Crippen molar-refractivity contribution >= 4 is 14.5 Å². The normalized spacial score (nSPS) is 10.7. The van der Waals surface area contributed by atoms with Crippen LogP contribution >= 0.6 is 8.69 Å². The summed E-state index contributed by atoms with van der Waals surface area (Å²) in [4.78, 5) is 13.0. The molecule has 0 fully saturated rings. The molecule has 0 N–H and O–H groups in total. The smallest absolute Gasteiger partial charge is 0.395 e. The van der Waals surface area contributed by atoms with E-state index in [1.807, 2.05) is 19.9 Å². The molecule has 0 aliphatic heterocycles. The number of carbonyl (C=O) groups excluding carboxylic acids is 1. The second-order valence-electron chi connectivity index (χ2n) is 5.33. The third-order valence-corrected chi connectivity index (χ3v) is 4.25. The van der Waals surface area contributed by atoms with Gasteiger partial charge in [-0.3, -0.25) is 4.79 Å². The molecule has 0 saturated carbocycles. The van der Waals surface area contributed by atoms with Gasteiger partial charge in [0.05, 0.1) is 5.56 Å². The quantitative estimate of drug-likeness (QED) is 0.577. The highest BCUT2D eigenvalue weighted by Crippen LogP contribution is 2.29. The van der Waals surface area contributed by atoms with Gasteiger partial charge < -0.3 is 4.52 Å². The summed E-state index contributed by atoms with van der Waals surface area (Å²) in [6.07, 6.45) is 0.884. The maximum atomic E-state index is 13.0. The van der Waals surface area contributed by atoms with Crippen molar-refractivity contribution in [3.8, 4) is 5.75 Å². The molecule has 0 bridgehead atoms. The molecule has 2 rings (SSSR count). The minimum absolute atomic E-state index is 0.0936. The van der Waals surface area contributed by atoms with Crippen LogP contribution in [0.25, 0.3) is 0 Å². The first-order valence-corrected chi connectivity index (χ1v) is 7.97. The van der Waals surface area contributed by atoms with Crippen LogP contribution in [0.1, 0.15) is 45.1 Å². The molecule has 0 aliphatic carbocycles. The van der Waals surface area contributed by atoms with E-state index in [1.165, 1.54) is 11.1 Å². The Morgan fingerprint density at radius 2 is 1.82 bits per heavy atom. The van der Waals surface area contributed by atoms with E-state index in [0.717, 1.165) is 17.5 Å². The zero-order chi connectivity index (χ0) is 16.3. The number of ketones is 1. The SMILES string of the molecule is CCc1c(C)cc(C)c(C(=O)c2ccccc2OP=O)c1C. The lowest BCUT2D eigenvalue weighted by Crippen LogP contribution is -2.10. The molecule has 0 amide bonds. The van der Waals surface area contributed by atoms with Crippen LogP contribution in [0.2, 0.25) is 0 Å². The van der Waals surface area contributed by atoms with Crippen LogP contribution in [-0.2, 0) is 11.0 Å². The molecule has 3 nitrogen and oxygen atoms in total. The standard InChI is InChI=1S/C18H19O3P/c1-5-14-11(2)10-12(3)17(13(14)4)18(19)15-8-6-7-9-16(15)21-22-20/h6-10H,5H2,1-4H3. The molecule has 22 heavy (non-hydrogen) atoms. The summed E-state index contributed by atoms with van der Waals surface area (Å²) in [6.45, 7) is 8.09. The number of para-hydroxylation sites is 1. The third-order valence-electron chi connectivity index (χ3n) is 3.98. The lowest BCUT2D eigenvalue weighted by molar-refractivity contribution is 0.103. The molecule has 114 valence electrons. The van der Waals surface area contributed by atoms with Gasteiger partial charge in [-0.2, -0.15) is 0 Å². The van der Waals surface area contributed by atoms with Crippen molar-refractivity contribution in [3.05, 3.63) is 63.7 Å². The van der Waals surface area contributed by atoms with Gasteiger partial charge >= 0.3 is 8.69 Å². The summed E-state index contributed by atoms with van der Waals surface area (Å²) in [5.74, 6) is 0.241. The number of rotatable bonds is 5. The Balaban J connectivity index is 2.62. The zero-order valence-corrected chi connectivity index (χ0v) is 14.2. The van der Waals surface area contributed by atoms with E-state index in [-0.39, 0.29) is 5.78 Å². The fourth-order valence-corrected chi connectivity index (χ4v) is 3.27. The van der Waals surface area contributed by atoms with Crippen LogP contribution in [0.15, 0.2) is 30.3 Å². The molecule has 0 aliphatic rings. The highest BCUT2D eigenvalue weighted by molar-refractivity contribution is 7.17. The Hall–Kier alpha value is -1.99. The van der Waals surface area contributed by atoms with Gasteiger partial charge in [0, 0.05) is 5.56 Å². The number of hydrogen-bond acceptors (Lipinski definition) is 3. The molecular weight excluding hydrogens is 295 g/mol. The predicted octanol–water partition coefficient (Wildman–Crippen LogP) is 4.99. The molecule has 0 unspecified atom stereocenters. The van der Waals surface area contributed by atoms with E-state index in [0.29, 0.717) is 16.9 Å². The molecule has 0 aromatic heterocycles. The van der Waals surface area contributed by atoms with Crippen LogP contribution in [0.4, 0.5) is 0 Å². The number of aryl methyl sites for hydroxylation is 2. The second-order valence-corrected chi connectivity index (χ2v) is 5.67. The number of benzene rings is 2. The first-order chi connectivity index (χ1) is 10.5. The topological polar surface area (TPSA) is 43.4 Å². The Morgan fingerprint density at radius 1 is 1.14 bits per heavy atom. The van der Waals surface area contributed by atoms with Crippen LogP contribution in [0.5, 0.6) is 5.75 Å². The van der Waals surface area contributed by atoms with Crippen LogP contribution < -0.4 is 4.52 Å². The van der Waals surface area contributed by atoms with E-state index in [1.54, 1.807) is 24.3 Å². The van der Waals surface area contributed by atoms with Gasteiger partial charge in [-0.15, -0.1) is 0 Å². The average molecular weight is 314 g/mol. The fraction of sp³-hybridized carbons (Fsp3) is 0.278. The summed E-state index contributed by atoms with van der Waals surface area (Å²) in [6, 6.07) is 8.93. The second kappa shape index (κ2) is 6.85. The zero-order valence-electron chi connectivity index (χ0n) is 13.3. The van der Waals surface area contributed by atoms with Gasteiger partial charge in [0.25, 0.3) is 0 Å². The van der Waals surface area contributed by atoms with Crippen molar-refractivity contribution in [1.82, 2.24) is 0 Å². The summed E-state index contributed by atoms with van der Waals surface area (Å²) in [7, 11) is -0.466. The van der Waals surface area contributed by atoms with Gasteiger partial charge in [0.2, 0.25) is 0 Å². The van der Waals surface area contributed by atoms with Crippen molar-refractivity contribution in [2.24, 2.45) is 0 Å². The molecule has 2 aromatic carbocycles. The largest absolute Gasteiger partial charge is 0.407 e. The minimum Gasteiger partial charge on any atom is -0.407 e. The third kappa shape index (κ3) is 2.95. The lowest BCUT2D eigenvalue weighted by atomic mass is 9.88. The molecule has 0 spiro atoms. The van der Waals surface area contributed by atoms with Crippen molar-refractivity contribution in [2.75, 3.05) is 0 Å². The highest BCUT2D eigenvalue weighted by atomic mass is 31.1. The maximum absolute atomic E-state index is 13.0. The Bertz CT molecular complexity index is 735. The van der Waals surface area contributed by atoms with Gasteiger partial charge in [-0.25, -0.2) is 4.57 Å². The van der Waals surface area contributed by atoms with Crippen molar-refractivity contribution in [3.63, 3.8) is 0 Å². The highest BCUT2D eigenvalue weighted by Gasteiger charge is 2.20. The molecule has 2 aromatic rings. The van der Waals surface area contributed by atoms with E-state index in [2.05, 4.69) is 13.8 Å². The summed E-state index contributed by atoms with van der Waals surface area (Å²) in [5.41, 5.74) is 5.51. The molecule has 0 radical (unpaired) electrons. The van der Waals surface area contributed by atoms with Gasteiger partial charge in [-0.05, 0) is 61.6 Å². The van der Waals surface area contributed by atoms with Crippen LogP contribution in [-0.4, -0.2) is 5.78 Å². The maximum Gasteiger partial charge on any atom is 0.395 e. The Labute approximate surface area is 132 Å². The summed E-state index contributed by atoms with van der Waals surface area (Å²) < 4.78 is 15.8. The average Bonchev–Trinajstić information content (AvgIpc) is 2.48. The van der Waals surface area contributed by atoms with Crippen molar-refractivity contribution in [1.29, 1.82) is 0 Å². The van der Waals surface area contributed by atoms with Gasteiger partial charge in [0.1, 0.15) is 5.75 Å². The van der Waals surface area contributed by atoms with Crippen LogP contribution in [0, 0.1) is 20.8 Å². The predicted molar refractivity (Wildman–Crippen MR) is 88.1 cm³/mol. The van der Waals surface area contributed by atoms with Crippen molar-refractivity contribution < 1.29 is 13.9 Å². The first kappa shape index (κ1) is 16.4. The Kier molecular flexibility index (Phi) is 5.10. The minimum atomic E-state index is -0.466. The Morgan fingerprint density at radius 3 is 2.45 bits per heavy atom. The molecule has 0 saturated heterocycles. The van der Waals surface area contributed by atoms with E-state index >= 15 is 0 Å². The summed E-state index contributed by atoms with van der Waals surface area (Å²) in [5, 5.41) is 0. The van der Waals surface area contributed by atoms with Gasteiger partial charge in [0.15, 0.2) is 5.78 Å². The fourth-order valence-electron chi connectivity index (χ4n) is 3.03. The molecule has 0 atom stereocenters. The molecule has 4 heteroatoms. The van der Waals surface area contributed by atoms with E-state index in [9.17, 15) is 9.36 Å². The van der Waals surface area contributed by atoms with E-state index < -0.39 is 8.69 Å². The van der Waals surface area contributed by atoms with Gasteiger partial charge in [-0.1, -0.05) is 25.1 Å². The van der Waals surface area contributed by atoms with Crippen LogP contribution in [0.3, 0.4) is 0 Å². The molecule has 0 heterocycles. The summed E-state index contributed by atoms with van der Waals surface area (Å²) >= 11 is 0. The number of hydrogen-bond donors (Lipinski definition) is 0. The first-order valence-electron chi connectivity index (χ1n) is 7.24. The van der Waals surface area contributed by atoms with E-state index in [4.69, 9.17) is 4.52 Å². The monoisotopic (exact) mass is 314 g/mol. The van der Waals surface area contributed by atoms with Crippen molar-refractivity contribution in [2.45, 2.75) is 34.1 Å². The molecular formula is C18H19O3P.